The van der Waals surface area contributed by atoms with Crippen molar-refractivity contribution in [3.63, 3.8) is 0 Å². The van der Waals surface area contributed by atoms with Crippen molar-refractivity contribution in [1.29, 1.82) is 0 Å². The maximum absolute atomic E-state index is 14.6. The number of imidazole rings is 1. The Kier molecular flexibility index (Phi) is 5.22. The van der Waals surface area contributed by atoms with E-state index in [4.69, 9.17) is 16.7 Å². The van der Waals surface area contributed by atoms with E-state index in [0.29, 0.717) is 40.8 Å². The average Bonchev–Trinajstić information content (AvgIpc) is 3.27. The van der Waals surface area contributed by atoms with Crippen LogP contribution < -0.4 is 15.5 Å². The summed E-state index contributed by atoms with van der Waals surface area (Å²) in [5.41, 5.74) is 3.69. The third-order valence-corrected chi connectivity index (χ3v) is 6.20. The maximum atomic E-state index is 14.6. The lowest BCUT2D eigenvalue weighted by Gasteiger charge is -2.37. The van der Waals surface area contributed by atoms with Crippen molar-refractivity contribution in [2.75, 3.05) is 23.3 Å². The second kappa shape index (κ2) is 7.94. The third-order valence-electron chi connectivity index (χ3n) is 5.90. The van der Waals surface area contributed by atoms with Gasteiger partial charge in [-0.05, 0) is 39.8 Å². The number of nitrogens with one attached hydrogen (secondary N) is 2. The SMILES string of the molecule is CCn1nc(Nc2cc(F)c3nc(C)cn3c2)c2c(Cl)cc(N3C[C@@H](C)N[C@@H](C)C3)cc21. The topological polar surface area (TPSA) is 62.4 Å². The molecule has 0 bridgehead atoms. The maximum Gasteiger partial charge on any atom is 0.173 e. The lowest BCUT2D eigenvalue weighted by atomic mass is 10.1. The van der Waals surface area contributed by atoms with Crippen molar-refractivity contribution in [1.82, 2.24) is 24.5 Å². The van der Waals surface area contributed by atoms with E-state index in [2.05, 4.69) is 40.4 Å². The molecule has 9 heteroatoms. The number of hydrogen-bond donors (Lipinski definition) is 2. The van der Waals surface area contributed by atoms with E-state index in [1.807, 2.05) is 24.6 Å². The van der Waals surface area contributed by atoms with Crippen molar-refractivity contribution in [2.24, 2.45) is 0 Å². The number of anilines is 3. The van der Waals surface area contributed by atoms with E-state index in [1.165, 1.54) is 6.07 Å². The summed E-state index contributed by atoms with van der Waals surface area (Å²) in [6.07, 6.45) is 3.60. The summed E-state index contributed by atoms with van der Waals surface area (Å²) >= 11 is 6.80. The Labute approximate surface area is 191 Å². The van der Waals surface area contributed by atoms with Gasteiger partial charge in [-0.15, -0.1) is 0 Å². The van der Waals surface area contributed by atoms with Crippen molar-refractivity contribution >= 4 is 45.3 Å². The molecule has 7 nitrogen and oxygen atoms in total. The van der Waals surface area contributed by atoms with Crippen LogP contribution in [-0.4, -0.2) is 44.3 Å². The number of pyridine rings is 1. The fourth-order valence-electron chi connectivity index (χ4n) is 4.67. The van der Waals surface area contributed by atoms with Crippen LogP contribution in [0.4, 0.5) is 21.6 Å². The highest BCUT2D eigenvalue weighted by Crippen LogP contribution is 2.36. The Bertz CT molecular complexity index is 1300. The second-order valence-corrected chi connectivity index (χ2v) is 9.08. The van der Waals surface area contributed by atoms with Gasteiger partial charge in [0.15, 0.2) is 17.3 Å². The molecule has 0 radical (unpaired) electrons. The fourth-order valence-corrected chi connectivity index (χ4v) is 4.97. The quantitative estimate of drug-likeness (QED) is 0.465. The normalized spacial score (nSPS) is 19.2. The first-order valence-electron chi connectivity index (χ1n) is 10.9. The van der Waals surface area contributed by atoms with Gasteiger partial charge in [0.1, 0.15) is 0 Å². The van der Waals surface area contributed by atoms with Crippen LogP contribution in [0.5, 0.6) is 0 Å². The Hall–Kier alpha value is -2.84. The van der Waals surface area contributed by atoms with Crippen LogP contribution in [0.25, 0.3) is 16.6 Å². The molecule has 0 saturated carbocycles. The number of rotatable bonds is 4. The number of hydrogen-bond acceptors (Lipinski definition) is 5. The van der Waals surface area contributed by atoms with E-state index < -0.39 is 5.82 Å². The molecule has 5 rings (SSSR count). The predicted octanol–water partition coefficient (Wildman–Crippen LogP) is 4.74. The summed E-state index contributed by atoms with van der Waals surface area (Å²) < 4.78 is 18.2. The first-order chi connectivity index (χ1) is 15.3. The van der Waals surface area contributed by atoms with Crippen molar-refractivity contribution in [2.45, 2.75) is 46.3 Å². The molecule has 4 heterocycles. The highest BCUT2D eigenvalue weighted by atomic mass is 35.5. The first kappa shape index (κ1) is 21.0. The average molecular weight is 456 g/mol. The molecular formula is C23H27ClFN7. The number of fused-ring (bicyclic) bond motifs is 2. The minimum absolute atomic E-state index is 0.305. The number of nitrogens with zero attached hydrogens (tertiary/aromatic N) is 5. The van der Waals surface area contributed by atoms with Gasteiger partial charge in [-0.2, -0.15) is 5.10 Å². The standard InChI is InChI=1S/C23H27ClFN7/c1-5-32-20-8-17(30-9-13(2)26-14(3)10-30)7-18(24)21(20)22(29-32)28-16-6-19(25)23-27-15(4)11-31(23)12-16/h6-8,11-14,26H,5,9-10H2,1-4H3,(H,28,29)/t13-,14+. The van der Waals surface area contributed by atoms with E-state index in [-0.39, 0.29) is 0 Å². The molecule has 2 N–H and O–H groups in total. The molecule has 168 valence electrons. The Morgan fingerprint density at radius 3 is 2.66 bits per heavy atom. The van der Waals surface area contributed by atoms with Gasteiger partial charge >= 0.3 is 0 Å². The molecule has 32 heavy (non-hydrogen) atoms. The summed E-state index contributed by atoms with van der Waals surface area (Å²) in [5, 5.41) is 13.0. The molecule has 1 aliphatic rings. The number of benzene rings is 1. The zero-order valence-electron chi connectivity index (χ0n) is 18.7. The predicted molar refractivity (Wildman–Crippen MR) is 128 cm³/mol. The molecule has 2 atom stereocenters. The lowest BCUT2D eigenvalue weighted by Crippen LogP contribution is -2.54. The number of piperazine rings is 1. The highest BCUT2D eigenvalue weighted by molar-refractivity contribution is 6.37. The van der Waals surface area contributed by atoms with Crippen LogP contribution in [0.2, 0.25) is 5.02 Å². The van der Waals surface area contributed by atoms with Gasteiger partial charge in [-0.3, -0.25) is 4.68 Å². The minimum atomic E-state index is -0.391. The fraction of sp³-hybridized carbons (Fsp3) is 0.391. The van der Waals surface area contributed by atoms with E-state index in [0.717, 1.165) is 35.4 Å². The molecule has 0 aliphatic carbocycles. The number of halogens is 2. The molecule has 3 aromatic heterocycles. The molecule has 1 saturated heterocycles. The first-order valence-corrected chi connectivity index (χ1v) is 11.3. The molecule has 1 fully saturated rings. The van der Waals surface area contributed by atoms with Crippen LogP contribution in [0.3, 0.4) is 0 Å². The molecular weight excluding hydrogens is 429 g/mol. The summed E-state index contributed by atoms with van der Waals surface area (Å²) in [5.74, 6) is 0.216. The van der Waals surface area contributed by atoms with Gasteiger partial charge in [0.25, 0.3) is 0 Å². The van der Waals surface area contributed by atoms with Crippen molar-refractivity contribution < 1.29 is 4.39 Å². The Balaban J connectivity index is 1.56. The van der Waals surface area contributed by atoms with Gasteiger partial charge in [0, 0.05) is 55.9 Å². The second-order valence-electron chi connectivity index (χ2n) is 8.67. The monoisotopic (exact) mass is 455 g/mol. The number of aromatic nitrogens is 4. The van der Waals surface area contributed by atoms with Crippen LogP contribution in [0.1, 0.15) is 26.5 Å². The van der Waals surface area contributed by atoms with Gasteiger partial charge in [-0.1, -0.05) is 11.6 Å². The smallest absolute Gasteiger partial charge is 0.173 e. The third kappa shape index (κ3) is 3.67. The summed E-state index contributed by atoms with van der Waals surface area (Å²) in [4.78, 5) is 6.58. The Morgan fingerprint density at radius 2 is 1.94 bits per heavy atom. The van der Waals surface area contributed by atoms with E-state index in [1.54, 1.807) is 16.8 Å². The summed E-state index contributed by atoms with van der Waals surface area (Å²) in [6, 6.07) is 6.39. The van der Waals surface area contributed by atoms with Crippen LogP contribution >= 0.6 is 11.6 Å². The molecule has 1 aromatic carbocycles. The minimum Gasteiger partial charge on any atom is -0.368 e. The molecule has 0 unspecified atom stereocenters. The summed E-state index contributed by atoms with van der Waals surface area (Å²) in [6.45, 7) is 10.8. The van der Waals surface area contributed by atoms with Gasteiger partial charge < -0.3 is 19.9 Å². The molecule has 0 spiro atoms. The molecule has 0 amide bonds. The van der Waals surface area contributed by atoms with Gasteiger partial charge in [0.2, 0.25) is 0 Å². The number of aryl methyl sites for hydroxylation is 2. The van der Waals surface area contributed by atoms with Crippen molar-refractivity contribution in [3.05, 3.63) is 47.1 Å². The zero-order valence-corrected chi connectivity index (χ0v) is 19.4. The van der Waals surface area contributed by atoms with Crippen LogP contribution in [0, 0.1) is 12.7 Å². The lowest BCUT2D eigenvalue weighted by molar-refractivity contribution is 0.407. The van der Waals surface area contributed by atoms with Crippen LogP contribution in [-0.2, 0) is 6.54 Å². The molecule has 4 aromatic rings. The largest absolute Gasteiger partial charge is 0.368 e. The Morgan fingerprint density at radius 1 is 1.19 bits per heavy atom. The highest BCUT2D eigenvalue weighted by Gasteiger charge is 2.23. The molecule has 1 aliphatic heterocycles. The van der Waals surface area contributed by atoms with Gasteiger partial charge in [-0.25, -0.2) is 9.37 Å². The van der Waals surface area contributed by atoms with E-state index in [9.17, 15) is 4.39 Å². The van der Waals surface area contributed by atoms with Crippen LogP contribution in [0.15, 0.2) is 30.6 Å². The summed E-state index contributed by atoms with van der Waals surface area (Å²) in [7, 11) is 0. The van der Waals surface area contributed by atoms with Gasteiger partial charge in [0.05, 0.1) is 27.3 Å². The zero-order chi connectivity index (χ0) is 22.6. The van der Waals surface area contributed by atoms with E-state index >= 15 is 0 Å². The van der Waals surface area contributed by atoms with Crippen molar-refractivity contribution in [3.8, 4) is 0 Å².